The minimum absolute atomic E-state index is 0.269. The lowest BCUT2D eigenvalue weighted by Gasteiger charge is -2.35. The standard InChI is InChI=1S/C15H31NO/c1-6-12-9-7-8-10-13(12)17-11-14(16-5)15(2,3)4/h12-14,16H,6-11H2,1-5H3. The van der Waals surface area contributed by atoms with Gasteiger partial charge < -0.3 is 10.1 Å². The van der Waals surface area contributed by atoms with Crippen LogP contribution in [-0.2, 0) is 4.74 Å². The van der Waals surface area contributed by atoms with Crippen LogP contribution in [0.25, 0.3) is 0 Å². The third kappa shape index (κ3) is 4.59. The summed E-state index contributed by atoms with van der Waals surface area (Å²) in [6.45, 7) is 9.97. The Labute approximate surface area is 108 Å². The molecular formula is C15H31NO. The van der Waals surface area contributed by atoms with Crippen LogP contribution in [-0.4, -0.2) is 25.8 Å². The number of hydrogen-bond donors (Lipinski definition) is 1. The molecule has 0 radical (unpaired) electrons. The Balaban J connectivity index is 2.42. The fourth-order valence-corrected chi connectivity index (χ4v) is 2.85. The lowest BCUT2D eigenvalue weighted by Crippen LogP contribution is -2.43. The van der Waals surface area contributed by atoms with Crippen LogP contribution in [0.4, 0.5) is 0 Å². The summed E-state index contributed by atoms with van der Waals surface area (Å²) in [6, 6.07) is 0.446. The summed E-state index contributed by atoms with van der Waals surface area (Å²) in [6.07, 6.45) is 7.14. The third-order valence-electron chi connectivity index (χ3n) is 4.23. The lowest BCUT2D eigenvalue weighted by molar-refractivity contribution is -0.0328. The average Bonchev–Trinajstić information content (AvgIpc) is 2.28. The predicted molar refractivity (Wildman–Crippen MR) is 74.3 cm³/mol. The molecule has 2 nitrogen and oxygen atoms in total. The van der Waals surface area contributed by atoms with Gasteiger partial charge in [0.15, 0.2) is 0 Å². The number of ether oxygens (including phenoxy) is 1. The van der Waals surface area contributed by atoms with E-state index in [4.69, 9.17) is 4.74 Å². The molecule has 1 fully saturated rings. The zero-order chi connectivity index (χ0) is 12.9. The van der Waals surface area contributed by atoms with Crippen LogP contribution in [0.1, 0.15) is 59.8 Å². The number of rotatable bonds is 5. The predicted octanol–water partition coefficient (Wildman–Crippen LogP) is 3.61. The first-order valence-corrected chi connectivity index (χ1v) is 7.28. The van der Waals surface area contributed by atoms with Crippen LogP contribution in [0.5, 0.6) is 0 Å². The van der Waals surface area contributed by atoms with Crippen LogP contribution < -0.4 is 5.32 Å². The zero-order valence-corrected chi connectivity index (χ0v) is 12.4. The molecule has 1 aliphatic rings. The highest BCUT2D eigenvalue weighted by atomic mass is 16.5. The van der Waals surface area contributed by atoms with Gasteiger partial charge in [-0.05, 0) is 31.2 Å². The summed E-state index contributed by atoms with van der Waals surface area (Å²) in [4.78, 5) is 0. The summed E-state index contributed by atoms with van der Waals surface area (Å²) < 4.78 is 6.20. The van der Waals surface area contributed by atoms with Gasteiger partial charge in [-0.25, -0.2) is 0 Å². The van der Waals surface area contributed by atoms with Crippen LogP contribution in [0.3, 0.4) is 0 Å². The molecule has 3 atom stereocenters. The van der Waals surface area contributed by atoms with Crippen LogP contribution in [0.2, 0.25) is 0 Å². The Hall–Kier alpha value is -0.0800. The summed E-state index contributed by atoms with van der Waals surface area (Å²) in [5.74, 6) is 0.793. The van der Waals surface area contributed by atoms with E-state index in [0.29, 0.717) is 12.1 Å². The molecule has 3 unspecified atom stereocenters. The Morgan fingerprint density at radius 2 is 1.88 bits per heavy atom. The minimum atomic E-state index is 0.269. The highest BCUT2D eigenvalue weighted by Gasteiger charge is 2.28. The molecule has 1 rings (SSSR count). The highest BCUT2D eigenvalue weighted by molar-refractivity contribution is 4.81. The lowest BCUT2D eigenvalue weighted by atomic mass is 9.84. The molecule has 1 N–H and O–H groups in total. The van der Waals surface area contributed by atoms with Gasteiger partial charge in [-0.15, -0.1) is 0 Å². The molecule has 0 bridgehead atoms. The maximum Gasteiger partial charge on any atom is 0.0628 e. The summed E-state index contributed by atoms with van der Waals surface area (Å²) in [5, 5.41) is 3.39. The Morgan fingerprint density at radius 1 is 1.24 bits per heavy atom. The van der Waals surface area contributed by atoms with Crippen molar-refractivity contribution in [3.8, 4) is 0 Å². The van der Waals surface area contributed by atoms with E-state index in [1.165, 1.54) is 32.1 Å². The topological polar surface area (TPSA) is 21.3 Å². The Morgan fingerprint density at radius 3 is 2.41 bits per heavy atom. The van der Waals surface area contributed by atoms with Gasteiger partial charge in [0.1, 0.15) is 0 Å². The van der Waals surface area contributed by atoms with E-state index < -0.39 is 0 Å². The molecule has 102 valence electrons. The second kappa shape index (κ2) is 6.75. The molecule has 0 saturated heterocycles. The van der Waals surface area contributed by atoms with E-state index in [2.05, 4.69) is 33.0 Å². The summed E-state index contributed by atoms with van der Waals surface area (Å²) in [7, 11) is 2.04. The van der Waals surface area contributed by atoms with E-state index >= 15 is 0 Å². The molecular weight excluding hydrogens is 210 g/mol. The van der Waals surface area contributed by atoms with Crippen molar-refractivity contribution in [3.63, 3.8) is 0 Å². The molecule has 0 spiro atoms. The van der Waals surface area contributed by atoms with E-state index in [-0.39, 0.29) is 5.41 Å². The minimum Gasteiger partial charge on any atom is -0.376 e. The second-order valence-corrected chi connectivity index (χ2v) is 6.53. The van der Waals surface area contributed by atoms with Gasteiger partial charge in [0.05, 0.1) is 12.7 Å². The average molecular weight is 241 g/mol. The molecule has 0 heterocycles. The first kappa shape index (κ1) is 15.0. The smallest absolute Gasteiger partial charge is 0.0628 e. The maximum atomic E-state index is 6.20. The Kier molecular flexibility index (Phi) is 5.94. The van der Waals surface area contributed by atoms with Crippen molar-refractivity contribution in [1.29, 1.82) is 0 Å². The molecule has 0 aliphatic heterocycles. The monoisotopic (exact) mass is 241 g/mol. The van der Waals surface area contributed by atoms with Crippen molar-refractivity contribution in [2.45, 2.75) is 71.9 Å². The number of likely N-dealkylation sites (N-methyl/N-ethyl adjacent to an activating group) is 1. The molecule has 0 aromatic heterocycles. The number of hydrogen-bond acceptors (Lipinski definition) is 2. The van der Waals surface area contributed by atoms with E-state index in [1.54, 1.807) is 0 Å². The highest BCUT2D eigenvalue weighted by Crippen LogP contribution is 2.30. The van der Waals surface area contributed by atoms with Gasteiger partial charge in [-0.1, -0.05) is 47.0 Å². The van der Waals surface area contributed by atoms with Crippen molar-refractivity contribution in [1.82, 2.24) is 5.32 Å². The molecule has 2 heteroatoms. The van der Waals surface area contributed by atoms with E-state index in [9.17, 15) is 0 Å². The third-order valence-corrected chi connectivity index (χ3v) is 4.23. The van der Waals surface area contributed by atoms with Gasteiger partial charge in [0, 0.05) is 6.04 Å². The van der Waals surface area contributed by atoms with E-state index in [1.807, 2.05) is 7.05 Å². The Bertz CT molecular complexity index is 209. The van der Waals surface area contributed by atoms with Crippen molar-refractivity contribution in [2.24, 2.45) is 11.3 Å². The van der Waals surface area contributed by atoms with Gasteiger partial charge in [0.2, 0.25) is 0 Å². The maximum absolute atomic E-state index is 6.20. The van der Waals surface area contributed by atoms with Crippen LogP contribution >= 0.6 is 0 Å². The van der Waals surface area contributed by atoms with Gasteiger partial charge in [-0.3, -0.25) is 0 Å². The first-order chi connectivity index (χ1) is 7.99. The largest absolute Gasteiger partial charge is 0.376 e. The molecule has 0 aromatic carbocycles. The van der Waals surface area contributed by atoms with Gasteiger partial charge in [-0.2, -0.15) is 0 Å². The van der Waals surface area contributed by atoms with Crippen molar-refractivity contribution in [3.05, 3.63) is 0 Å². The molecule has 0 amide bonds. The molecule has 17 heavy (non-hydrogen) atoms. The van der Waals surface area contributed by atoms with Crippen LogP contribution in [0.15, 0.2) is 0 Å². The van der Waals surface area contributed by atoms with Crippen molar-refractivity contribution in [2.75, 3.05) is 13.7 Å². The van der Waals surface area contributed by atoms with E-state index in [0.717, 1.165) is 12.5 Å². The number of nitrogens with one attached hydrogen (secondary N) is 1. The SMILES string of the molecule is CCC1CCCCC1OCC(NC)C(C)(C)C. The first-order valence-electron chi connectivity index (χ1n) is 7.28. The quantitative estimate of drug-likeness (QED) is 0.794. The summed E-state index contributed by atoms with van der Waals surface area (Å²) in [5.41, 5.74) is 0.269. The van der Waals surface area contributed by atoms with Gasteiger partial charge >= 0.3 is 0 Å². The second-order valence-electron chi connectivity index (χ2n) is 6.53. The molecule has 1 aliphatic carbocycles. The normalized spacial score (nSPS) is 28.1. The molecule has 0 aromatic rings. The summed E-state index contributed by atoms with van der Waals surface area (Å²) >= 11 is 0. The zero-order valence-electron chi connectivity index (χ0n) is 12.4. The van der Waals surface area contributed by atoms with Crippen LogP contribution in [0, 0.1) is 11.3 Å². The van der Waals surface area contributed by atoms with Gasteiger partial charge in [0.25, 0.3) is 0 Å². The fraction of sp³-hybridized carbons (Fsp3) is 1.00. The van der Waals surface area contributed by atoms with Crippen molar-refractivity contribution < 1.29 is 4.74 Å². The fourth-order valence-electron chi connectivity index (χ4n) is 2.85. The molecule has 1 saturated carbocycles. The van der Waals surface area contributed by atoms with Crippen molar-refractivity contribution >= 4 is 0 Å².